The third-order valence-corrected chi connectivity index (χ3v) is 3.80. The van der Waals surface area contributed by atoms with E-state index < -0.39 is 5.60 Å². The molecule has 3 rings (SSSR count). The fraction of sp³-hybridized carbons (Fsp3) is 0.267. The van der Waals surface area contributed by atoms with Crippen LogP contribution in [0.5, 0.6) is 0 Å². The second kappa shape index (κ2) is 4.31. The topological polar surface area (TPSA) is 59.1 Å². The van der Waals surface area contributed by atoms with Crippen molar-refractivity contribution in [3.05, 3.63) is 59.2 Å². The van der Waals surface area contributed by atoms with Gasteiger partial charge in [-0.1, -0.05) is 6.07 Å². The highest BCUT2D eigenvalue weighted by Gasteiger charge is 2.37. The number of pyridine rings is 1. The molecule has 1 aliphatic carbocycles. The molecule has 0 bridgehead atoms. The lowest BCUT2D eigenvalue weighted by Crippen LogP contribution is -2.26. The molecule has 19 heavy (non-hydrogen) atoms. The highest BCUT2D eigenvalue weighted by Crippen LogP contribution is 2.40. The van der Waals surface area contributed by atoms with Crippen LogP contribution < -0.4 is 5.73 Å². The van der Waals surface area contributed by atoms with Crippen LogP contribution >= 0.6 is 0 Å². The van der Waals surface area contributed by atoms with Gasteiger partial charge in [-0.2, -0.15) is 0 Å². The van der Waals surface area contributed by atoms with Crippen LogP contribution in [-0.4, -0.2) is 10.1 Å². The van der Waals surface area contributed by atoms with Gasteiger partial charge in [-0.15, -0.1) is 0 Å². The van der Waals surface area contributed by atoms with E-state index in [4.69, 9.17) is 5.73 Å². The first-order valence-corrected chi connectivity index (χ1v) is 6.28. The highest BCUT2D eigenvalue weighted by molar-refractivity contribution is 5.47. The van der Waals surface area contributed by atoms with Crippen LogP contribution in [0.1, 0.15) is 23.1 Å². The Kier molecular flexibility index (Phi) is 2.75. The zero-order valence-electron chi connectivity index (χ0n) is 10.4. The summed E-state index contributed by atoms with van der Waals surface area (Å²) < 4.78 is 13.2. The molecule has 0 saturated heterocycles. The Balaban J connectivity index is 1.97. The first kappa shape index (κ1) is 12.1. The van der Waals surface area contributed by atoms with Crippen LogP contribution in [0.15, 0.2) is 36.7 Å². The fourth-order valence-corrected chi connectivity index (χ4v) is 2.78. The van der Waals surface area contributed by atoms with Crippen LogP contribution in [0.2, 0.25) is 0 Å². The number of benzene rings is 1. The lowest BCUT2D eigenvalue weighted by molar-refractivity contribution is 0.0390. The number of aromatic nitrogens is 1. The van der Waals surface area contributed by atoms with Crippen molar-refractivity contribution in [2.45, 2.75) is 24.9 Å². The van der Waals surface area contributed by atoms with Crippen LogP contribution in [0.3, 0.4) is 0 Å². The Morgan fingerprint density at radius 3 is 3.00 bits per heavy atom. The monoisotopic (exact) mass is 258 g/mol. The van der Waals surface area contributed by atoms with Gasteiger partial charge in [0, 0.05) is 24.5 Å². The molecule has 2 aromatic rings. The molecule has 1 aromatic heterocycles. The molecule has 3 nitrogen and oxygen atoms in total. The normalized spacial score (nSPS) is 21.4. The lowest BCUT2D eigenvalue weighted by atomic mass is 9.89. The molecule has 1 heterocycles. The molecule has 1 atom stereocenters. The summed E-state index contributed by atoms with van der Waals surface area (Å²) >= 11 is 0. The van der Waals surface area contributed by atoms with Gasteiger partial charge in [-0.05, 0) is 47.7 Å². The number of halogens is 1. The summed E-state index contributed by atoms with van der Waals surface area (Å²) in [5.41, 5.74) is 8.05. The Labute approximate surface area is 110 Å². The lowest BCUT2D eigenvalue weighted by Gasteiger charge is -2.24. The number of nitrogen functional groups attached to an aromatic ring is 1. The van der Waals surface area contributed by atoms with Crippen molar-refractivity contribution in [1.29, 1.82) is 0 Å². The Bertz CT molecular complexity index is 629. The summed E-state index contributed by atoms with van der Waals surface area (Å²) in [6.07, 6.45) is 4.98. The Morgan fingerprint density at radius 2 is 2.21 bits per heavy atom. The molecule has 1 aromatic carbocycles. The van der Waals surface area contributed by atoms with E-state index in [1.807, 2.05) is 0 Å². The zero-order valence-corrected chi connectivity index (χ0v) is 10.4. The average molecular weight is 258 g/mol. The van der Waals surface area contributed by atoms with Gasteiger partial charge in [-0.3, -0.25) is 4.98 Å². The minimum atomic E-state index is -0.972. The van der Waals surface area contributed by atoms with Crippen molar-refractivity contribution < 1.29 is 9.50 Å². The van der Waals surface area contributed by atoms with E-state index in [1.54, 1.807) is 24.5 Å². The number of nitrogens with zero attached hydrogens (tertiary/aromatic N) is 1. The summed E-state index contributed by atoms with van der Waals surface area (Å²) in [5, 5.41) is 10.8. The third kappa shape index (κ3) is 2.08. The van der Waals surface area contributed by atoms with E-state index >= 15 is 0 Å². The summed E-state index contributed by atoms with van der Waals surface area (Å²) in [6, 6.07) is 6.28. The van der Waals surface area contributed by atoms with Gasteiger partial charge in [-0.25, -0.2) is 4.39 Å². The summed E-state index contributed by atoms with van der Waals surface area (Å²) in [5.74, 6) is -0.260. The number of aliphatic hydroxyl groups is 1. The van der Waals surface area contributed by atoms with E-state index in [9.17, 15) is 9.50 Å². The van der Waals surface area contributed by atoms with Crippen LogP contribution in [-0.2, 0) is 18.4 Å². The largest absolute Gasteiger partial charge is 0.398 e. The molecule has 1 unspecified atom stereocenters. The van der Waals surface area contributed by atoms with Crippen molar-refractivity contribution >= 4 is 5.69 Å². The van der Waals surface area contributed by atoms with Gasteiger partial charge in [0.1, 0.15) is 5.82 Å². The summed E-state index contributed by atoms with van der Waals surface area (Å²) in [7, 11) is 0. The van der Waals surface area contributed by atoms with Gasteiger partial charge < -0.3 is 10.8 Å². The van der Waals surface area contributed by atoms with Crippen molar-refractivity contribution in [2.24, 2.45) is 0 Å². The summed E-state index contributed by atoms with van der Waals surface area (Å²) in [6.45, 7) is 0. The fourth-order valence-electron chi connectivity index (χ4n) is 2.78. The van der Waals surface area contributed by atoms with Gasteiger partial charge in [0.05, 0.1) is 5.60 Å². The van der Waals surface area contributed by atoms with E-state index in [-0.39, 0.29) is 5.82 Å². The molecule has 0 aliphatic heterocycles. The molecule has 0 saturated carbocycles. The second-order valence-electron chi connectivity index (χ2n) is 5.08. The average Bonchev–Trinajstić information content (AvgIpc) is 2.70. The van der Waals surface area contributed by atoms with Crippen molar-refractivity contribution in [1.82, 2.24) is 4.98 Å². The molecule has 1 aliphatic rings. The minimum absolute atomic E-state index is 0.260. The van der Waals surface area contributed by atoms with Crippen molar-refractivity contribution in [3.63, 3.8) is 0 Å². The molecule has 0 radical (unpaired) electrons. The Morgan fingerprint density at radius 1 is 1.37 bits per heavy atom. The van der Waals surface area contributed by atoms with Gasteiger partial charge in [0.25, 0.3) is 0 Å². The summed E-state index contributed by atoms with van der Waals surface area (Å²) in [4.78, 5) is 4.04. The van der Waals surface area contributed by atoms with E-state index in [1.165, 1.54) is 12.1 Å². The second-order valence-corrected chi connectivity index (χ2v) is 5.08. The third-order valence-electron chi connectivity index (χ3n) is 3.80. The van der Waals surface area contributed by atoms with Gasteiger partial charge >= 0.3 is 0 Å². The molecule has 0 fully saturated rings. The minimum Gasteiger partial charge on any atom is -0.398 e. The molecular weight excluding hydrogens is 243 g/mol. The maximum absolute atomic E-state index is 13.2. The Hall–Kier alpha value is -1.94. The molecule has 98 valence electrons. The van der Waals surface area contributed by atoms with E-state index in [2.05, 4.69) is 4.98 Å². The smallest absolute Gasteiger partial charge is 0.123 e. The maximum Gasteiger partial charge on any atom is 0.123 e. The first-order valence-electron chi connectivity index (χ1n) is 6.28. The number of nitrogens with two attached hydrogens (primary N) is 1. The molecule has 0 spiro atoms. The van der Waals surface area contributed by atoms with E-state index in [0.29, 0.717) is 24.9 Å². The van der Waals surface area contributed by atoms with Crippen LogP contribution in [0.25, 0.3) is 0 Å². The molecular formula is C15H15FN2O. The molecule has 0 amide bonds. The number of hydrogen-bond donors (Lipinski definition) is 2. The van der Waals surface area contributed by atoms with Gasteiger partial charge in [0.2, 0.25) is 0 Å². The van der Waals surface area contributed by atoms with Crippen LogP contribution in [0.4, 0.5) is 10.1 Å². The standard InChI is InChI=1S/C15H15FN2O/c16-12-1-2-13-10(7-12)3-5-15(13,19)8-11-9-18-6-4-14(11)17/h1-2,4,6-7,9,19H,3,5,8H2,(H2,17,18). The van der Waals surface area contributed by atoms with E-state index in [0.717, 1.165) is 16.7 Å². The van der Waals surface area contributed by atoms with Crippen molar-refractivity contribution in [2.75, 3.05) is 5.73 Å². The number of hydrogen-bond acceptors (Lipinski definition) is 3. The maximum atomic E-state index is 13.2. The number of aryl methyl sites for hydroxylation is 1. The SMILES string of the molecule is Nc1ccncc1CC1(O)CCc2cc(F)ccc21. The first-order chi connectivity index (χ1) is 9.08. The predicted molar refractivity (Wildman–Crippen MR) is 71.0 cm³/mol. The zero-order chi connectivity index (χ0) is 13.5. The number of rotatable bonds is 2. The quantitative estimate of drug-likeness (QED) is 0.868. The predicted octanol–water partition coefficient (Wildman–Crippen LogP) is 2.18. The number of fused-ring (bicyclic) bond motifs is 1. The van der Waals surface area contributed by atoms with Gasteiger partial charge in [0.15, 0.2) is 0 Å². The van der Waals surface area contributed by atoms with Crippen LogP contribution in [0, 0.1) is 5.82 Å². The van der Waals surface area contributed by atoms with Crippen molar-refractivity contribution in [3.8, 4) is 0 Å². The highest BCUT2D eigenvalue weighted by atomic mass is 19.1. The molecule has 4 heteroatoms. The molecule has 3 N–H and O–H groups in total. The number of anilines is 1.